The molecule has 3 rings (SSSR count). The van der Waals surface area contributed by atoms with E-state index in [0.717, 1.165) is 24.3 Å². The number of furan rings is 1. The largest absolute Gasteiger partial charge is 0.460 e. The van der Waals surface area contributed by atoms with E-state index in [1.807, 2.05) is 12.1 Å². The topological polar surface area (TPSA) is 25.2 Å². The van der Waals surface area contributed by atoms with Crippen molar-refractivity contribution in [3.63, 3.8) is 0 Å². The van der Waals surface area contributed by atoms with Gasteiger partial charge in [0, 0.05) is 5.56 Å². The first-order valence-corrected chi connectivity index (χ1v) is 8.53. The maximum Gasteiger partial charge on any atom is 0.141 e. The van der Waals surface area contributed by atoms with Gasteiger partial charge in [0.15, 0.2) is 0 Å². The van der Waals surface area contributed by atoms with E-state index >= 15 is 0 Å². The molecule has 0 amide bonds. The van der Waals surface area contributed by atoms with Gasteiger partial charge in [0.1, 0.15) is 17.3 Å². The van der Waals surface area contributed by atoms with E-state index in [2.05, 4.69) is 11.4 Å². The molecule has 0 radical (unpaired) electrons. The lowest BCUT2D eigenvalue weighted by Crippen LogP contribution is -2.15. The van der Waals surface area contributed by atoms with Crippen molar-refractivity contribution in [1.29, 1.82) is 0 Å². The molecule has 1 aromatic carbocycles. The van der Waals surface area contributed by atoms with Gasteiger partial charge in [-0.05, 0) is 69.0 Å². The zero-order chi connectivity index (χ0) is 16.1. The lowest BCUT2D eigenvalue weighted by atomic mass is 9.97. The summed E-state index contributed by atoms with van der Waals surface area (Å²) in [6, 6.07) is 8.45. The van der Waals surface area contributed by atoms with E-state index in [0.29, 0.717) is 12.3 Å². The van der Waals surface area contributed by atoms with Crippen LogP contribution in [-0.4, -0.2) is 6.54 Å². The lowest BCUT2D eigenvalue weighted by Gasteiger charge is -2.12. The Hall–Kier alpha value is -1.29. The summed E-state index contributed by atoms with van der Waals surface area (Å²) in [5, 5.41) is 3.52. The normalized spacial score (nSPS) is 14.2. The predicted octanol–water partition coefficient (Wildman–Crippen LogP) is 6.14. The van der Waals surface area contributed by atoms with Gasteiger partial charge in [0.2, 0.25) is 0 Å². The van der Waals surface area contributed by atoms with E-state index in [1.165, 1.54) is 31.7 Å². The van der Waals surface area contributed by atoms with Crippen LogP contribution in [-0.2, 0) is 6.54 Å². The van der Waals surface area contributed by atoms with Crippen molar-refractivity contribution in [3.8, 4) is 11.3 Å². The van der Waals surface area contributed by atoms with Gasteiger partial charge >= 0.3 is 0 Å². The number of rotatable bonds is 6. The van der Waals surface area contributed by atoms with Gasteiger partial charge < -0.3 is 9.73 Å². The smallest absolute Gasteiger partial charge is 0.141 e. The minimum atomic E-state index is -0.416. The highest BCUT2D eigenvalue weighted by Crippen LogP contribution is 2.26. The number of nitrogens with one attached hydrogen (secondary N) is 1. The molecule has 1 aliphatic rings. The Kier molecular flexibility index (Phi) is 7.35. The molecule has 0 fully saturated rings. The lowest BCUT2D eigenvalue weighted by molar-refractivity contribution is 0.493. The monoisotopic (exact) mass is 369 g/mol. The minimum Gasteiger partial charge on any atom is -0.460 e. The molecule has 0 atom stereocenters. The van der Waals surface area contributed by atoms with Crippen molar-refractivity contribution in [2.75, 3.05) is 6.54 Å². The van der Waals surface area contributed by atoms with Crippen LogP contribution in [0.15, 0.2) is 46.4 Å². The molecule has 24 heavy (non-hydrogen) atoms. The third kappa shape index (κ3) is 5.10. The molecule has 0 bridgehead atoms. The van der Waals surface area contributed by atoms with Crippen LogP contribution in [0, 0.1) is 5.82 Å². The Bertz CT molecular complexity index is 696. The second-order valence-corrected chi connectivity index (χ2v) is 6.34. The average molecular weight is 370 g/mol. The minimum absolute atomic E-state index is 0. The predicted molar refractivity (Wildman–Crippen MR) is 99.2 cm³/mol. The summed E-state index contributed by atoms with van der Waals surface area (Å²) >= 11 is 5.81. The number of hydrogen-bond donors (Lipinski definition) is 1. The molecule has 1 aliphatic carbocycles. The van der Waals surface area contributed by atoms with Crippen LogP contribution in [0.1, 0.15) is 37.9 Å². The molecule has 1 aromatic heterocycles. The Labute approximate surface area is 153 Å². The van der Waals surface area contributed by atoms with Crippen LogP contribution in [0.2, 0.25) is 5.02 Å². The van der Waals surface area contributed by atoms with E-state index in [4.69, 9.17) is 16.0 Å². The first-order chi connectivity index (χ1) is 11.2. The second-order valence-electron chi connectivity index (χ2n) is 5.93. The van der Waals surface area contributed by atoms with Gasteiger partial charge in [-0.1, -0.05) is 23.3 Å². The molecule has 130 valence electrons. The molecule has 0 aliphatic heterocycles. The Morgan fingerprint density at radius 1 is 1.17 bits per heavy atom. The van der Waals surface area contributed by atoms with Gasteiger partial charge in [0.05, 0.1) is 11.6 Å². The molecule has 0 saturated heterocycles. The standard InChI is InChI=1S/C19H21ClFNO.ClH/c20-17-12-15(6-8-18(17)21)19-9-7-16(23-19)13-22-11-10-14-4-2-1-3-5-14;/h4,6-9,12,22H,1-3,5,10-11,13H2;1H. The summed E-state index contributed by atoms with van der Waals surface area (Å²) in [6.07, 6.45) is 8.64. The van der Waals surface area contributed by atoms with Crippen molar-refractivity contribution in [3.05, 3.63) is 58.6 Å². The Balaban J connectivity index is 0.00000208. The molecule has 2 aromatic rings. The van der Waals surface area contributed by atoms with Crippen molar-refractivity contribution in [2.45, 2.75) is 38.6 Å². The number of hydrogen-bond acceptors (Lipinski definition) is 2. The quantitative estimate of drug-likeness (QED) is 0.488. The van der Waals surface area contributed by atoms with Gasteiger partial charge in [0.25, 0.3) is 0 Å². The van der Waals surface area contributed by atoms with Gasteiger partial charge in [-0.15, -0.1) is 12.4 Å². The SMILES string of the molecule is Cl.Fc1ccc(-c2ccc(CNCCC3=CCCCC3)o2)cc1Cl. The third-order valence-electron chi connectivity index (χ3n) is 4.17. The summed E-state index contributed by atoms with van der Waals surface area (Å²) in [6.45, 7) is 1.66. The Morgan fingerprint density at radius 3 is 2.79 bits per heavy atom. The van der Waals surface area contributed by atoms with Crippen molar-refractivity contribution in [1.82, 2.24) is 5.32 Å². The average Bonchev–Trinajstić information content (AvgIpc) is 3.04. The zero-order valence-corrected chi connectivity index (χ0v) is 15.1. The fourth-order valence-electron chi connectivity index (χ4n) is 2.87. The molecular weight excluding hydrogens is 348 g/mol. The number of benzene rings is 1. The summed E-state index contributed by atoms with van der Waals surface area (Å²) in [7, 11) is 0. The van der Waals surface area contributed by atoms with E-state index < -0.39 is 5.82 Å². The maximum absolute atomic E-state index is 13.2. The molecule has 0 saturated carbocycles. The molecule has 5 heteroatoms. The van der Waals surface area contributed by atoms with E-state index in [-0.39, 0.29) is 17.4 Å². The van der Waals surface area contributed by atoms with Crippen LogP contribution in [0.3, 0.4) is 0 Å². The highest BCUT2D eigenvalue weighted by atomic mass is 35.5. The summed E-state index contributed by atoms with van der Waals surface area (Å²) in [5.41, 5.74) is 2.36. The molecule has 1 N–H and O–H groups in total. The van der Waals surface area contributed by atoms with Gasteiger partial charge in [-0.3, -0.25) is 0 Å². The first kappa shape index (κ1) is 19.0. The Morgan fingerprint density at radius 2 is 2.04 bits per heavy atom. The molecule has 2 nitrogen and oxygen atoms in total. The number of allylic oxidation sites excluding steroid dienone is 1. The maximum atomic E-state index is 13.2. The summed E-state index contributed by atoms with van der Waals surface area (Å²) < 4.78 is 19.0. The molecule has 0 unspecified atom stereocenters. The highest BCUT2D eigenvalue weighted by molar-refractivity contribution is 6.31. The fourth-order valence-corrected chi connectivity index (χ4v) is 3.05. The van der Waals surface area contributed by atoms with Gasteiger partial charge in [-0.25, -0.2) is 4.39 Å². The summed E-state index contributed by atoms with van der Waals surface area (Å²) in [5.74, 6) is 1.16. The van der Waals surface area contributed by atoms with Crippen molar-refractivity contribution >= 4 is 24.0 Å². The van der Waals surface area contributed by atoms with Gasteiger partial charge in [-0.2, -0.15) is 0 Å². The van der Waals surface area contributed by atoms with Crippen LogP contribution < -0.4 is 5.32 Å². The second kappa shape index (κ2) is 9.26. The molecule has 1 heterocycles. The van der Waals surface area contributed by atoms with E-state index in [1.54, 1.807) is 17.7 Å². The number of halogens is 3. The van der Waals surface area contributed by atoms with Crippen LogP contribution in [0.25, 0.3) is 11.3 Å². The van der Waals surface area contributed by atoms with Crippen molar-refractivity contribution in [2.24, 2.45) is 0 Å². The van der Waals surface area contributed by atoms with Crippen LogP contribution >= 0.6 is 24.0 Å². The molecule has 0 spiro atoms. The first-order valence-electron chi connectivity index (χ1n) is 8.15. The van der Waals surface area contributed by atoms with Crippen LogP contribution in [0.4, 0.5) is 4.39 Å². The van der Waals surface area contributed by atoms with E-state index in [9.17, 15) is 4.39 Å². The highest BCUT2D eigenvalue weighted by Gasteiger charge is 2.08. The summed E-state index contributed by atoms with van der Waals surface area (Å²) in [4.78, 5) is 0. The fraction of sp³-hybridized carbons (Fsp3) is 0.368. The van der Waals surface area contributed by atoms with Crippen molar-refractivity contribution < 1.29 is 8.81 Å². The molecular formula is C19H22Cl2FNO. The third-order valence-corrected chi connectivity index (χ3v) is 4.46. The zero-order valence-electron chi connectivity index (χ0n) is 13.5. The van der Waals surface area contributed by atoms with Crippen LogP contribution in [0.5, 0.6) is 0 Å².